The monoisotopic (exact) mass is 383 g/mol. The van der Waals surface area contributed by atoms with E-state index >= 15 is 0 Å². The predicted octanol–water partition coefficient (Wildman–Crippen LogP) is 3.76. The number of carbonyl (C=O) groups is 1. The van der Waals surface area contributed by atoms with Gasteiger partial charge in [0.1, 0.15) is 12.0 Å². The number of carbonyl (C=O) groups excluding carboxylic acids is 1. The number of nitro groups is 1. The van der Waals surface area contributed by atoms with E-state index in [1.807, 2.05) is 4.57 Å². The molecule has 10 heteroatoms. The number of aryl methyl sites for hydroxylation is 1. The third-order valence-corrected chi connectivity index (χ3v) is 4.56. The van der Waals surface area contributed by atoms with Crippen LogP contribution in [0.2, 0.25) is 5.02 Å². The second-order valence-corrected chi connectivity index (χ2v) is 6.65. The Kier molecular flexibility index (Phi) is 7.20. The number of halogens is 1. The van der Waals surface area contributed by atoms with Crippen LogP contribution in [0, 0.1) is 10.1 Å². The number of nitrogens with one attached hydrogen (secondary N) is 1. The fourth-order valence-corrected chi connectivity index (χ4v) is 3.04. The van der Waals surface area contributed by atoms with Crippen LogP contribution in [0.5, 0.6) is 0 Å². The molecule has 25 heavy (non-hydrogen) atoms. The second-order valence-electron chi connectivity index (χ2n) is 5.27. The Morgan fingerprint density at radius 2 is 2.24 bits per heavy atom. The molecule has 1 N–H and O–H groups in total. The Labute approximate surface area is 154 Å². The highest BCUT2D eigenvalue weighted by Gasteiger charge is 2.17. The van der Waals surface area contributed by atoms with Crippen molar-refractivity contribution in [2.45, 2.75) is 37.9 Å². The highest BCUT2D eigenvalue weighted by Crippen LogP contribution is 2.28. The van der Waals surface area contributed by atoms with Gasteiger partial charge in [-0.25, -0.2) is 0 Å². The van der Waals surface area contributed by atoms with Crippen LogP contribution in [-0.4, -0.2) is 31.3 Å². The van der Waals surface area contributed by atoms with Gasteiger partial charge in [-0.2, -0.15) is 0 Å². The molecule has 0 saturated carbocycles. The van der Waals surface area contributed by atoms with Crippen molar-refractivity contribution in [3.05, 3.63) is 39.7 Å². The van der Waals surface area contributed by atoms with Gasteiger partial charge in [-0.3, -0.25) is 14.9 Å². The maximum absolute atomic E-state index is 12.1. The lowest BCUT2D eigenvalue weighted by Gasteiger charge is -2.07. The summed E-state index contributed by atoms with van der Waals surface area (Å²) in [6.07, 6.45) is 4.88. The van der Waals surface area contributed by atoms with E-state index < -0.39 is 4.92 Å². The van der Waals surface area contributed by atoms with Crippen LogP contribution in [0.15, 0.2) is 29.7 Å². The molecule has 2 aromatic rings. The topological polar surface area (TPSA) is 103 Å². The largest absolute Gasteiger partial charge is 0.320 e. The number of hydrogen-bond acceptors (Lipinski definition) is 6. The molecule has 1 amide bonds. The Bertz CT molecular complexity index is 753. The summed E-state index contributed by atoms with van der Waals surface area (Å²) >= 11 is 7.08. The van der Waals surface area contributed by atoms with E-state index in [4.69, 9.17) is 11.6 Å². The van der Waals surface area contributed by atoms with Crippen LogP contribution in [0.3, 0.4) is 0 Å². The molecule has 0 aliphatic carbocycles. The number of unbranched alkanes of at least 4 members (excludes halogenated alkanes) is 2. The minimum absolute atomic E-state index is 0.0656. The van der Waals surface area contributed by atoms with E-state index in [2.05, 4.69) is 22.4 Å². The molecule has 0 fully saturated rings. The van der Waals surface area contributed by atoms with Crippen LogP contribution in [0.1, 0.15) is 26.2 Å². The first-order chi connectivity index (χ1) is 12.0. The zero-order valence-corrected chi connectivity index (χ0v) is 15.2. The van der Waals surface area contributed by atoms with Gasteiger partial charge in [0.15, 0.2) is 5.16 Å². The molecule has 8 nitrogen and oxygen atoms in total. The molecule has 134 valence electrons. The van der Waals surface area contributed by atoms with Crippen molar-refractivity contribution in [2.75, 3.05) is 11.1 Å². The van der Waals surface area contributed by atoms with E-state index in [0.29, 0.717) is 10.2 Å². The molecule has 0 saturated heterocycles. The molecule has 1 heterocycles. The number of nitrogens with zero attached hydrogens (tertiary/aromatic N) is 4. The molecule has 1 aromatic carbocycles. The maximum atomic E-state index is 12.1. The van der Waals surface area contributed by atoms with Gasteiger partial charge in [-0.15, -0.1) is 10.2 Å². The molecule has 0 aliphatic heterocycles. The molecule has 0 atom stereocenters. The van der Waals surface area contributed by atoms with Gasteiger partial charge < -0.3 is 9.88 Å². The van der Waals surface area contributed by atoms with Gasteiger partial charge in [0.05, 0.1) is 10.7 Å². The van der Waals surface area contributed by atoms with Gasteiger partial charge in [-0.05, 0) is 18.6 Å². The number of rotatable bonds is 9. The van der Waals surface area contributed by atoms with E-state index in [0.717, 1.165) is 25.8 Å². The maximum Gasteiger partial charge on any atom is 0.292 e. The molecule has 0 unspecified atom stereocenters. The minimum atomic E-state index is -0.566. The highest BCUT2D eigenvalue weighted by atomic mass is 35.5. The third kappa shape index (κ3) is 5.71. The lowest BCUT2D eigenvalue weighted by molar-refractivity contribution is -0.383. The molecule has 0 aliphatic rings. The Morgan fingerprint density at radius 3 is 2.96 bits per heavy atom. The molecule has 0 radical (unpaired) electrons. The van der Waals surface area contributed by atoms with Crippen molar-refractivity contribution in [2.24, 2.45) is 0 Å². The smallest absolute Gasteiger partial charge is 0.292 e. The molecular formula is C15H18ClN5O3S. The second kappa shape index (κ2) is 9.38. The zero-order valence-electron chi connectivity index (χ0n) is 13.6. The Balaban J connectivity index is 1.95. The van der Waals surface area contributed by atoms with E-state index in [9.17, 15) is 14.9 Å². The summed E-state index contributed by atoms with van der Waals surface area (Å²) in [6, 6.07) is 4.02. The minimum Gasteiger partial charge on any atom is -0.320 e. The first kappa shape index (κ1) is 19.2. The van der Waals surface area contributed by atoms with E-state index in [-0.39, 0.29) is 23.0 Å². The van der Waals surface area contributed by atoms with Gasteiger partial charge in [0.25, 0.3) is 5.69 Å². The van der Waals surface area contributed by atoms with Gasteiger partial charge in [0, 0.05) is 17.6 Å². The predicted molar refractivity (Wildman–Crippen MR) is 97.0 cm³/mol. The number of hydrogen-bond donors (Lipinski definition) is 1. The van der Waals surface area contributed by atoms with Crippen molar-refractivity contribution < 1.29 is 9.72 Å². The zero-order chi connectivity index (χ0) is 18.2. The Morgan fingerprint density at radius 1 is 1.44 bits per heavy atom. The molecular weight excluding hydrogens is 366 g/mol. The van der Waals surface area contributed by atoms with Crippen LogP contribution in [-0.2, 0) is 11.3 Å². The number of thioether (sulfide) groups is 1. The van der Waals surface area contributed by atoms with Crippen molar-refractivity contribution >= 4 is 40.6 Å². The molecule has 2 rings (SSSR count). The van der Waals surface area contributed by atoms with Crippen molar-refractivity contribution in [1.29, 1.82) is 0 Å². The summed E-state index contributed by atoms with van der Waals surface area (Å²) in [7, 11) is 0. The normalized spacial score (nSPS) is 10.6. The molecule has 0 spiro atoms. The Hall–Kier alpha value is -2.13. The SMILES string of the molecule is CCCCCn1cnnc1SCC(=O)Nc1cc(Cl)ccc1[N+](=O)[O-]. The first-order valence-electron chi connectivity index (χ1n) is 7.75. The van der Waals surface area contributed by atoms with Crippen LogP contribution in [0.4, 0.5) is 11.4 Å². The molecule has 1 aromatic heterocycles. The third-order valence-electron chi connectivity index (χ3n) is 3.34. The highest BCUT2D eigenvalue weighted by molar-refractivity contribution is 7.99. The number of nitro benzene ring substituents is 1. The summed E-state index contributed by atoms with van der Waals surface area (Å²) in [5.41, 5.74) is -0.127. The lowest BCUT2D eigenvalue weighted by Crippen LogP contribution is -2.15. The van der Waals surface area contributed by atoms with Crippen LogP contribution >= 0.6 is 23.4 Å². The molecule has 0 bridgehead atoms. The standard InChI is InChI=1S/C15H18ClN5O3S/c1-2-3-4-7-20-10-17-19-15(20)25-9-14(22)18-12-8-11(16)5-6-13(12)21(23)24/h5-6,8,10H,2-4,7,9H2,1H3,(H,18,22). The van der Waals surface area contributed by atoms with Gasteiger partial charge in [-0.1, -0.05) is 43.1 Å². The van der Waals surface area contributed by atoms with E-state index in [1.165, 1.54) is 30.0 Å². The fourth-order valence-electron chi connectivity index (χ4n) is 2.13. The van der Waals surface area contributed by atoms with Crippen molar-refractivity contribution in [3.63, 3.8) is 0 Å². The quantitative estimate of drug-likeness (QED) is 0.306. The number of benzene rings is 1. The fraction of sp³-hybridized carbons (Fsp3) is 0.400. The average Bonchev–Trinajstić information content (AvgIpc) is 3.00. The summed E-state index contributed by atoms with van der Waals surface area (Å²) < 4.78 is 1.90. The number of aromatic nitrogens is 3. The first-order valence-corrected chi connectivity index (χ1v) is 9.12. The average molecular weight is 384 g/mol. The van der Waals surface area contributed by atoms with Crippen molar-refractivity contribution in [3.8, 4) is 0 Å². The summed E-state index contributed by atoms with van der Waals surface area (Å²) in [4.78, 5) is 22.6. The number of amides is 1. The van der Waals surface area contributed by atoms with Crippen LogP contribution < -0.4 is 5.32 Å². The summed E-state index contributed by atoms with van der Waals surface area (Å²) in [6.45, 7) is 2.92. The van der Waals surface area contributed by atoms with E-state index in [1.54, 1.807) is 6.33 Å². The van der Waals surface area contributed by atoms with Crippen molar-refractivity contribution in [1.82, 2.24) is 14.8 Å². The summed E-state index contributed by atoms with van der Waals surface area (Å²) in [5, 5.41) is 22.4. The van der Waals surface area contributed by atoms with Crippen LogP contribution in [0.25, 0.3) is 0 Å². The summed E-state index contributed by atoms with van der Waals surface area (Å²) in [5.74, 6) is -0.311. The van der Waals surface area contributed by atoms with Gasteiger partial charge >= 0.3 is 0 Å². The van der Waals surface area contributed by atoms with Gasteiger partial charge in [0.2, 0.25) is 5.91 Å². The lowest BCUT2D eigenvalue weighted by atomic mass is 10.2. The number of anilines is 1.